The van der Waals surface area contributed by atoms with Gasteiger partial charge in [-0.2, -0.15) is 0 Å². The van der Waals surface area contributed by atoms with Crippen LogP contribution < -0.4 is 10.1 Å². The number of phenolic OH excluding ortho intramolecular Hbond substituents is 1. The maximum Gasteiger partial charge on any atom is 0.174 e. The van der Waals surface area contributed by atoms with Crippen molar-refractivity contribution in [3.8, 4) is 11.5 Å². The van der Waals surface area contributed by atoms with Crippen molar-refractivity contribution >= 4 is 5.78 Å². The predicted molar refractivity (Wildman–Crippen MR) is 93.2 cm³/mol. The number of nitrogens with one attached hydrogen (secondary N) is 1. The van der Waals surface area contributed by atoms with E-state index >= 15 is 0 Å². The number of rotatable bonds is 2. The van der Waals surface area contributed by atoms with Gasteiger partial charge < -0.3 is 14.9 Å². The molecule has 3 heterocycles. The third kappa shape index (κ3) is 1.44. The Morgan fingerprint density at radius 3 is 3.08 bits per heavy atom. The lowest BCUT2D eigenvalue weighted by Gasteiger charge is -2.55. The van der Waals surface area contributed by atoms with Crippen LogP contribution in [0.1, 0.15) is 43.7 Å². The van der Waals surface area contributed by atoms with Crippen LogP contribution in [0, 0.1) is 0 Å². The van der Waals surface area contributed by atoms with Gasteiger partial charge in [-0.15, -0.1) is 0 Å². The van der Waals surface area contributed by atoms with Gasteiger partial charge in [-0.05, 0) is 37.8 Å². The van der Waals surface area contributed by atoms with Crippen molar-refractivity contribution in [2.24, 2.45) is 0 Å². The fraction of sp³-hybridized carbons (Fsp3) is 0.650. The minimum Gasteiger partial charge on any atom is -0.504 e. The van der Waals surface area contributed by atoms with E-state index in [4.69, 9.17) is 4.74 Å². The van der Waals surface area contributed by atoms with Gasteiger partial charge in [0.15, 0.2) is 23.4 Å². The molecule has 5 aliphatic rings. The molecule has 6 heteroatoms. The molecule has 26 heavy (non-hydrogen) atoms. The fourth-order valence-corrected chi connectivity index (χ4v) is 7.11. The van der Waals surface area contributed by atoms with Crippen molar-refractivity contribution in [3.05, 3.63) is 23.3 Å². The first kappa shape index (κ1) is 15.4. The van der Waals surface area contributed by atoms with Gasteiger partial charge in [-0.1, -0.05) is 6.07 Å². The summed E-state index contributed by atoms with van der Waals surface area (Å²) in [5.74, 6) is 0.860. The van der Waals surface area contributed by atoms with Gasteiger partial charge in [0, 0.05) is 31.0 Å². The summed E-state index contributed by atoms with van der Waals surface area (Å²) >= 11 is 0. The molecule has 1 aromatic carbocycles. The van der Waals surface area contributed by atoms with Crippen LogP contribution in [-0.2, 0) is 16.6 Å². The molecule has 0 aromatic heterocycles. The van der Waals surface area contributed by atoms with Crippen LogP contribution in [0.5, 0.6) is 11.5 Å². The molecule has 0 bridgehead atoms. The quantitative estimate of drug-likeness (QED) is 0.728. The molecule has 1 saturated carbocycles. The predicted octanol–water partition coefficient (Wildman–Crippen LogP) is 0.823. The summed E-state index contributed by atoms with van der Waals surface area (Å²) in [4.78, 5) is 15.4. The molecule has 6 nitrogen and oxygen atoms in total. The normalized spacial score (nSPS) is 43.2. The van der Waals surface area contributed by atoms with Crippen molar-refractivity contribution in [2.45, 2.75) is 74.4 Å². The largest absolute Gasteiger partial charge is 0.504 e. The number of phenols is 1. The summed E-state index contributed by atoms with van der Waals surface area (Å²) in [6.07, 6.45) is 3.05. The molecule has 0 radical (unpaired) electrons. The molecular formula is C20H24N2O4. The molecule has 3 fully saturated rings. The molecule has 6 atom stereocenters. The third-order valence-electron chi connectivity index (χ3n) is 7.76. The molecule has 3 aliphatic heterocycles. The molecule has 2 spiro atoms. The van der Waals surface area contributed by atoms with Gasteiger partial charge in [0.25, 0.3) is 0 Å². The number of ketones is 1. The third-order valence-corrected chi connectivity index (χ3v) is 7.76. The summed E-state index contributed by atoms with van der Waals surface area (Å²) in [6.45, 7) is 2.73. The van der Waals surface area contributed by atoms with Crippen molar-refractivity contribution in [3.63, 3.8) is 0 Å². The van der Waals surface area contributed by atoms with E-state index in [1.165, 1.54) is 5.56 Å². The topological polar surface area (TPSA) is 82.0 Å². The maximum absolute atomic E-state index is 12.9. The Kier molecular flexibility index (Phi) is 2.74. The number of carbonyl (C=O) groups excluding carboxylic acids is 1. The number of aliphatic hydroxyl groups is 1. The first-order chi connectivity index (χ1) is 12.5. The van der Waals surface area contributed by atoms with Crippen molar-refractivity contribution < 1.29 is 19.7 Å². The lowest BCUT2D eigenvalue weighted by Crippen LogP contribution is -2.70. The molecule has 0 amide bonds. The summed E-state index contributed by atoms with van der Waals surface area (Å²) in [7, 11) is 0. The van der Waals surface area contributed by atoms with Crippen LogP contribution in [0.3, 0.4) is 0 Å². The molecular weight excluding hydrogens is 332 g/mol. The molecule has 2 unspecified atom stereocenters. The van der Waals surface area contributed by atoms with Crippen LogP contribution in [-0.4, -0.2) is 57.4 Å². The zero-order chi connectivity index (χ0) is 17.8. The van der Waals surface area contributed by atoms with Crippen LogP contribution >= 0.6 is 0 Å². The summed E-state index contributed by atoms with van der Waals surface area (Å²) in [6, 6.07) is 3.95. The van der Waals surface area contributed by atoms with Gasteiger partial charge in [-0.25, -0.2) is 0 Å². The summed E-state index contributed by atoms with van der Waals surface area (Å²) in [5.41, 5.74) is 1.77. The number of ether oxygens (including phenoxy) is 1. The van der Waals surface area contributed by atoms with Gasteiger partial charge >= 0.3 is 0 Å². The summed E-state index contributed by atoms with van der Waals surface area (Å²) < 4.78 is 6.18. The zero-order valence-electron chi connectivity index (χ0n) is 14.9. The van der Waals surface area contributed by atoms with E-state index in [9.17, 15) is 15.0 Å². The van der Waals surface area contributed by atoms with Crippen molar-refractivity contribution in [1.29, 1.82) is 0 Å². The van der Waals surface area contributed by atoms with E-state index in [1.807, 2.05) is 13.0 Å². The van der Waals surface area contributed by atoms with E-state index in [1.54, 1.807) is 6.07 Å². The highest BCUT2D eigenvalue weighted by Gasteiger charge is 2.77. The maximum atomic E-state index is 12.9. The number of aliphatic hydroxyl groups excluding tert-OH is 1. The van der Waals surface area contributed by atoms with Gasteiger partial charge in [0.1, 0.15) is 0 Å². The second kappa shape index (κ2) is 4.61. The van der Waals surface area contributed by atoms with Crippen molar-refractivity contribution in [1.82, 2.24) is 10.2 Å². The van der Waals surface area contributed by atoms with Crippen molar-refractivity contribution in [2.75, 3.05) is 6.54 Å². The highest BCUT2D eigenvalue weighted by atomic mass is 16.5. The Labute approximate surface area is 152 Å². The molecule has 3 N–H and O–H groups in total. The average Bonchev–Trinajstić information content (AvgIpc) is 3.22. The monoisotopic (exact) mass is 356 g/mol. The summed E-state index contributed by atoms with van der Waals surface area (Å²) in [5, 5.41) is 24.2. The lowest BCUT2D eigenvalue weighted by molar-refractivity contribution is -0.136. The van der Waals surface area contributed by atoms with E-state index < -0.39 is 6.10 Å². The van der Waals surface area contributed by atoms with Gasteiger partial charge in [0.2, 0.25) is 0 Å². The number of nitrogens with zero attached hydrogens (tertiary/aromatic N) is 1. The minimum absolute atomic E-state index is 0.125. The lowest BCUT2D eigenvalue weighted by atomic mass is 9.51. The first-order valence-electron chi connectivity index (χ1n) is 9.74. The van der Waals surface area contributed by atoms with Crippen LogP contribution in [0.2, 0.25) is 0 Å². The average molecular weight is 356 g/mol. The molecule has 2 saturated heterocycles. The smallest absolute Gasteiger partial charge is 0.174 e. The van der Waals surface area contributed by atoms with Crippen LogP contribution in [0.4, 0.5) is 0 Å². The number of hydrogen-bond acceptors (Lipinski definition) is 6. The Balaban J connectivity index is 1.61. The van der Waals surface area contributed by atoms with Gasteiger partial charge in [0.05, 0.1) is 23.2 Å². The molecule has 138 valence electrons. The Morgan fingerprint density at radius 2 is 2.27 bits per heavy atom. The molecule has 2 aliphatic carbocycles. The van der Waals surface area contributed by atoms with E-state index in [0.717, 1.165) is 31.4 Å². The highest BCUT2D eigenvalue weighted by molar-refractivity contribution is 5.90. The zero-order valence-corrected chi connectivity index (χ0v) is 14.9. The van der Waals surface area contributed by atoms with Gasteiger partial charge in [-0.3, -0.25) is 15.0 Å². The van der Waals surface area contributed by atoms with E-state index in [2.05, 4.69) is 10.2 Å². The van der Waals surface area contributed by atoms with Crippen LogP contribution in [0.15, 0.2) is 12.1 Å². The van der Waals surface area contributed by atoms with Crippen LogP contribution in [0.25, 0.3) is 0 Å². The number of benzene rings is 1. The second-order valence-corrected chi connectivity index (χ2v) is 8.78. The Bertz CT molecular complexity index is 839. The fourth-order valence-electron chi connectivity index (χ4n) is 7.11. The first-order valence-corrected chi connectivity index (χ1v) is 9.74. The number of hydrogen-bond donors (Lipinski definition) is 3. The SMILES string of the molecule is C[C@@H](O)C[C@H]1NC2Cc3ccc(O)c4c3[C@]35CCN1[C@]23CCC(=O)C5O4. The second-order valence-electron chi connectivity index (χ2n) is 8.78. The Morgan fingerprint density at radius 1 is 1.42 bits per heavy atom. The van der Waals surface area contributed by atoms with E-state index in [-0.39, 0.29) is 40.8 Å². The number of aromatic hydroxyl groups is 1. The molecule has 1 aromatic rings. The molecule has 6 rings (SSSR count). The van der Waals surface area contributed by atoms with E-state index in [0.29, 0.717) is 18.6 Å². The Hall–Kier alpha value is -1.63. The number of carbonyl (C=O) groups is 1. The standard InChI is InChI=1S/C20H24N2O4/c1-10(23)8-15-21-14-9-11-2-3-12(24)17-16(11)19-6-7-22(15)20(14,19)5-4-13(25)18(19)26-17/h2-3,10,14-15,18,21,23-24H,4-9H2,1H3/t10-,14?,15+,18?,19+,20-/m1/s1. The number of Topliss-reactive ketones (excluding diaryl/α,β-unsaturated/α-hetero) is 1. The minimum atomic E-state index is -0.488. The highest BCUT2D eigenvalue weighted by Crippen LogP contribution is 2.68.